The van der Waals surface area contributed by atoms with Gasteiger partial charge in [-0.2, -0.15) is 5.10 Å². The van der Waals surface area contributed by atoms with Crippen LogP contribution >= 0.6 is 0 Å². The van der Waals surface area contributed by atoms with E-state index in [1.807, 2.05) is 0 Å². The molecule has 0 aliphatic carbocycles. The van der Waals surface area contributed by atoms with E-state index >= 15 is 0 Å². The van der Waals surface area contributed by atoms with Gasteiger partial charge in [0.15, 0.2) is 0 Å². The summed E-state index contributed by atoms with van der Waals surface area (Å²) in [4.78, 5) is 25.0. The van der Waals surface area contributed by atoms with Crippen molar-refractivity contribution in [2.24, 2.45) is 18.7 Å². The van der Waals surface area contributed by atoms with Crippen molar-refractivity contribution in [2.75, 3.05) is 20.6 Å². The van der Waals surface area contributed by atoms with E-state index in [0.717, 1.165) is 0 Å². The predicted molar refractivity (Wildman–Crippen MR) is 71.0 cm³/mol. The summed E-state index contributed by atoms with van der Waals surface area (Å²) in [6.07, 6.45) is 3.27. The number of amides is 2. The summed E-state index contributed by atoms with van der Waals surface area (Å²) in [5.41, 5.74) is 6.55. The van der Waals surface area contributed by atoms with Crippen molar-refractivity contribution in [3.63, 3.8) is 0 Å². The first-order valence-electron chi connectivity index (χ1n) is 6.07. The summed E-state index contributed by atoms with van der Waals surface area (Å²) in [5.74, 6) is -0.613. The smallest absolute Gasteiger partial charge is 0.243 e. The van der Waals surface area contributed by atoms with Gasteiger partial charge in [0.2, 0.25) is 11.8 Å². The molecule has 19 heavy (non-hydrogen) atoms. The molecule has 1 rings (SSSR count). The van der Waals surface area contributed by atoms with E-state index in [9.17, 15) is 9.59 Å². The zero-order valence-corrected chi connectivity index (χ0v) is 11.8. The van der Waals surface area contributed by atoms with Gasteiger partial charge in [0, 0.05) is 39.4 Å². The monoisotopic (exact) mass is 267 g/mol. The molecule has 0 spiro atoms. The Morgan fingerprint density at radius 3 is 2.68 bits per heavy atom. The van der Waals surface area contributed by atoms with E-state index in [2.05, 4.69) is 10.4 Å². The van der Waals surface area contributed by atoms with Crippen LogP contribution in [0.3, 0.4) is 0 Å². The van der Waals surface area contributed by atoms with E-state index < -0.39 is 6.04 Å². The Morgan fingerprint density at radius 2 is 2.21 bits per heavy atom. The van der Waals surface area contributed by atoms with Gasteiger partial charge in [0.05, 0.1) is 12.1 Å². The average molecular weight is 267 g/mol. The lowest BCUT2D eigenvalue weighted by atomic mass is 10.1. The van der Waals surface area contributed by atoms with Crippen molar-refractivity contribution in [3.05, 3.63) is 18.0 Å². The average Bonchev–Trinajstić information content (AvgIpc) is 2.82. The number of hydrogen-bond donors (Lipinski definition) is 2. The second-order valence-corrected chi connectivity index (χ2v) is 4.66. The van der Waals surface area contributed by atoms with E-state index in [4.69, 9.17) is 5.73 Å². The largest absolute Gasteiger partial charge is 0.359 e. The minimum absolute atomic E-state index is 0.102. The zero-order valence-electron chi connectivity index (χ0n) is 11.8. The van der Waals surface area contributed by atoms with Crippen molar-refractivity contribution in [2.45, 2.75) is 13.0 Å². The minimum atomic E-state index is -0.754. The number of carbonyl (C=O) groups excluding carboxylic acids is 2. The molecule has 2 atom stereocenters. The third-order valence-corrected chi connectivity index (χ3v) is 2.97. The molecular formula is C12H21N5O2. The van der Waals surface area contributed by atoms with Gasteiger partial charge >= 0.3 is 0 Å². The standard InChI is InChI=1S/C12H21N5O2/c1-8(11(18)14-2)6-16(3)12(19)10(13)9-5-15-17(4)7-9/h5,7-8,10H,6,13H2,1-4H3,(H,14,18). The molecule has 0 aromatic carbocycles. The van der Waals surface area contributed by atoms with Gasteiger partial charge in [-0.05, 0) is 0 Å². The summed E-state index contributed by atoms with van der Waals surface area (Å²) in [5, 5.41) is 6.54. The SMILES string of the molecule is CNC(=O)C(C)CN(C)C(=O)C(N)c1cnn(C)c1. The molecule has 0 bridgehead atoms. The maximum Gasteiger partial charge on any atom is 0.243 e. The van der Waals surface area contributed by atoms with E-state index in [1.165, 1.54) is 4.90 Å². The number of aryl methyl sites for hydroxylation is 1. The summed E-state index contributed by atoms with van der Waals surface area (Å²) in [6, 6.07) is -0.754. The van der Waals surface area contributed by atoms with Gasteiger partial charge in [-0.15, -0.1) is 0 Å². The Kier molecular flexibility index (Phi) is 5.05. The fourth-order valence-electron chi connectivity index (χ4n) is 1.81. The first kappa shape index (κ1) is 15.2. The molecule has 1 aromatic rings. The Morgan fingerprint density at radius 1 is 1.58 bits per heavy atom. The Labute approximate surface area is 112 Å². The Bertz CT molecular complexity index is 457. The van der Waals surface area contributed by atoms with E-state index in [1.54, 1.807) is 45.1 Å². The molecule has 0 aliphatic heterocycles. The number of nitrogens with zero attached hydrogens (tertiary/aromatic N) is 3. The highest BCUT2D eigenvalue weighted by atomic mass is 16.2. The third kappa shape index (κ3) is 3.78. The molecule has 106 valence electrons. The topological polar surface area (TPSA) is 93.2 Å². The van der Waals surface area contributed by atoms with Crippen molar-refractivity contribution in [1.82, 2.24) is 20.0 Å². The van der Waals surface area contributed by atoms with E-state index in [0.29, 0.717) is 12.1 Å². The number of carbonyl (C=O) groups is 2. The maximum absolute atomic E-state index is 12.1. The van der Waals surface area contributed by atoms with Crippen LogP contribution < -0.4 is 11.1 Å². The lowest BCUT2D eigenvalue weighted by molar-refractivity contribution is -0.133. The fourth-order valence-corrected chi connectivity index (χ4v) is 1.81. The second-order valence-electron chi connectivity index (χ2n) is 4.66. The highest BCUT2D eigenvalue weighted by molar-refractivity contribution is 5.84. The van der Waals surface area contributed by atoms with E-state index in [-0.39, 0.29) is 17.7 Å². The molecule has 0 fully saturated rings. The third-order valence-electron chi connectivity index (χ3n) is 2.97. The fraction of sp³-hybridized carbons (Fsp3) is 0.583. The minimum Gasteiger partial charge on any atom is -0.359 e. The number of nitrogens with two attached hydrogens (primary N) is 1. The summed E-state index contributed by atoms with van der Waals surface area (Å²) in [7, 11) is 4.97. The van der Waals surface area contributed by atoms with Gasteiger partial charge in [-0.1, -0.05) is 6.92 Å². The van der Waals surface area contributed by atoms with Gasteiger partial charge in [-0.3, -0.25) is 14.3 Å². The second kappa shape index (κ2) is 6.33. The molecule has 0 saturated heterocycles. The Balaban J connectivity index is 2.64. The van der Waals surface area contributed by atoms with Gasteiger partial charge in [0.1, 0.15) is 6.04 Å². The van der Waals surface area contributed by atoms with Crippen molar-refractivity contribution in [3.8, 4) is 0 Å². The van der Waals surface area contributed by atoms with Crippen LogP contribution in [0.25, 0.3) is 0 Å². The van der Waals surface area contributed by atoms with Crippen LogP contribution in [0.5, 0.6) is 0 Å². The first-order chi connectivity index (χ1) is 8.86. The maximum atomic E-state index is 12.1. The highest BCUT2D eigenvalue weighted by Crippen LogP contribution is 2.12. The summed E-state index contributed by atoms with van der Waals surface area (Å²) >= 11 is 0. The van der Waals surface area contributed by atoms with Gasteiger partial charge in [0.25, 0.3) is 0 Å². The normalized spacial score (nSPS) is 13.7. The Hall–Kier alpha value is -1.89. The van der Waals surface area contributed by atoms with Crippen LogP contribution in [0.15, 0.2) is 12.4 Å². The summed E-state index contributed by atoms with van der Waals surface area (Å²) < 4.78 is 1.59. The van der Waals surface area contributed by atoms with Crippen molar-refractivity contribution >= 4 is 11.8 Å². The quantitative estimate of drug-likeness (QED) is 0.735. The molecule has 1 heterocycles. The number of nitrogens with one attached hydrogen (secondary N) is 1. The van der Waals surface area contributed by atoms with Crippen LogP contribution in [-0.4, -0.2) is 47.1 Å². The molecule has 1 aromatic heterocycles. The van der Waals surface area contributed by atoms with Crippen LogP contribution in [0.4, 0.5) is 0 Å². The number of aromatic nitrogens is 2. The highest BCUT2D eigenvalue weighted by Gasteiger charge is 2.23. The van der Waals surface area contributed by atoms with Gasteiger partial charge in [-0.25, -0.2) is 0 Å². The molecule has 0 aliphatic rings. The molecule has 3 N–H and O–H groups in total. The molecule has 2 amide bonds. The lowest BCUT2D eigenvalue weighted by Gasteiger charge is -2.23. The van der Waals surface area contributed by atoms with Crippen LogP contribution in [0.1, 0.15) is 18.5 Å². The molecule has 0 radical (unpaired) electrons. The molecule has 7 nitrogen and oxygen atoms in total. The van der Waals surface area contributed by atoms with Crippen molar-refractivity contribution < 1.29 is 9.59 Å². The zero-order chi connectivity index (χ0) is 14.6. The number of rotatable bonds is 5. The summed E-state index contributed by atoms with van der Waals surface area (Å²) in [6.45, 7) is 2.09. The predicted octanol–water partition coefficient (Wildman–Crippen LogP) is -0.740. The number of likely N-dealkylation sites (N-methyl/N-ethyl adjacent to an activating group) is 1. The lowest BCUT2D eigenvalue weighted by Crippen LogP contribution is -2.41. The molecular weight excluding hydrogens is 246 g/mol. The first-order valence-corrected chi connectivity index (χ1v) is 6.07. The molecule has 0 saturated carbocycles. The van der Waals surface area contributed by atoms with Crippen molar-refractivity contribution in [1.29, 1.82) is 0 Å². The van der Waals surface area contributed by atoms with Gasteiger partial charge < -0.3 is 16.0 Å². The molecule has 7 heteroatoms. The van der Waals surface area contributed by atoms with Crippen LogP contribution in [-0.2, 0) is 16.6 Å². The molecule has 2 unspecified atom stereocenters. The number of hydrogen-bond acceptors (Lipinski definition) is 4. The van der Waals surface area contributed by atoms with Crippen LogP contribution in [0.2, 0.25) is 0 Å². The van der Waals surface area contributed by atoms with Crippen LogP contribution in [0, 0.1) is 5.92 Å².